The summed E-state index contributed by atoms with van der Waals surface area (Å²) in [5, 5.41) is 0. The predicted octanol–water partition coefficient (Wildman–Crippen LogP) is 2.17. The maximum Gasteiger partial charge on any atom is 0.242 e. The Morgan fingerprint density at radius 3 is 2.56 bits per heavy atom. The highest BCUT2D eigenvalue weighted by Gasteiger charge is 2.23. The second kappa shape index (κ2) is 4.99. The van der Waals surface area contributed by atoms with Gasteiger partial charge in [-0.2, -0.15) is 0 Å². The zero-order valence-corrected chi connectivity index (χ0v) is 11.8. The molecule has 0 atom stereocenters. The molecule has 0 amide bonds. The minimum absolute atomic E-state index is 0.0709. The van der Waals surface area contributed by atoms with Crippen LogP contribution in [-0.4, -0.2) is 14.5 Å². The molecule has 0 heterocycles. The first-order valence-electron chi connectivity index (χ1n) is 5.32. The molecule has 1 aromatic rings. The average Bonchev–Trinajstić information content (AvgIpc) is 2.75. The molecular weight excluding hydrogens is 323 g/mol. The number of nitrogens with one attached hydrogen (secondary N) is 1. The third-order valence-corrected chi connectivity index (χ3v) is 4.86. The van der Waals surface area contributed by atoms with Crippen LogP contribution in [-0.2, 0) is 10.0 Å². The zero-order valence-electron chi connectivity index (χ0n) is 9.36. The summed E-state index contributed by atoms with van der Waals surface area (Å²) in [6.45, 7) is 0. The van der Waals surface area contributed by atoms with Gasteiger partial charge in [-0.15, -0.1) is 0 Å². The van der Waals surface area contributed by atoms with Crippen LogP contribution in [0.1, 0.15) is 12.8 Å². The van der Waals surface area contributed by atoms with Crippen LogP contribution in [0.15, 0.2) is 33.7 Å². The summed E-state index contributed by atoms with van der Waals surface area (Å²) in [6, 6.07) is 2.01. The van der Waals surface area contributed by atoms with Crippen molar-refractivity contribution in [3.8, 4) is 0 Å². The molecule has 0 fully saturated rings. The minimum atomic E-state index is -3.73. The summed E-state index contributed by atoms with van der Waals surface area (Å²) in [5.41, 5.74) is 5.45. The van der Waals surface area contributed by atoms with E-state index in [1.165, 1.54) is 6.07 Å². The van der Waals surface area contributed by atoms with Crippen LogP contribution in [0.3, 0.4) is 0 Å². The van der Waals surface area contributed by atoms with E-state index in [9.17, 15) is 12.8 Å². The number of halogens is 2. The first kappa shape index (κ1) is 13.5. The molecule has 1 aromatic carbocycles. The Bertz CT molecular complexity index is 593. The molecule has 0 spiro atoms. The number of hydrogen-bond donors (Lipinski definition) is 2. The molecule has 7 heteroatoms. The number of hydrogen-bond acceptors (Lipinski definition) is 3. The Morgan fingerprint density at radius 1 is 1.33 bits per heavy atom. The van der Waals surface area contributed by atoms with Gasteiger partial charge in [0.25, 0.3) is 0 Å². The molecule has 1 aliphatic carbocycles. The first-order chi connectivity index (χ1) is 8.40. The molecule has 0 bridgehead atoms. The fourth-order valence-corrected chi connectivity index (χ4v) is 3.67. The van der Waals surface area contributed by atoms with Crippen LogP contribution in [0.5, 0.6) is 0 Å². The van der Waals surface area contributed by atoms with Crippen molar-refractivity contribution in [2.75, 3.05) is 5.73 Å². The molecule has 1 aliphatic rings. The summed E-state index contributed by atoms with van der Waals surface area (Å²) in [7, 11) is -3.73. The quantitative estimate of drug-likeness (QED) is 0.657. The normalized spacial score (nSPS) is 16.3. The van der Waals surface area contributed by atoms with Crippen LogP contribution in [0.25, 0.3) is 0 Å². The van der Waals surface area contributed by atoms with Gasteiger partial charge in [-0.1, -0.05) is 12.2 Å². The molecule has 0 aromatic heterocycles. The summed E-state index contributed by atoms with van der Waals surface area (Å²) in [4.78, 5) is -0.109. The summed E-state index contributed by atoms with van der Waals surface area (Å²) >= 11 is 2.95. The number of nitrogens with two attached hydrogens (primary N) is 1. The molecule has 4 nitrogen and oxygen atoms in total. The predicted molar refractivity (Wildman–Crippen MR) is 71.0 cm³/mol. The molecule has 2 rings (SSSR count). The Balaban J connectivity index is 2.32. The van der Waals surface area contributed by atoms with E-state index in [0.29, 0.717) is 12.8 Å². The third-order valence-electron chi connectivity index (χ3n) is 2.67. The van der Waals surface area contributed by atoms with Crippen molar-refractivity contribution in [1.29, 1.82) is 0 Å². The minimum Gasteiger partial charge on any atom is -0.398 e. The number of rotatable bonds is 3. The van der Waals surface area contributed by atoms with Crippen molar-refractivity contribution in [1.82, 2.24) is 4.72 Å². The van der Waals surface area contributed by atoms with Gasteiger partial charge >= 0.3 is 0 Å². The largest absolute Gasteiger partial charge is 0.398 e. The Labute approximate surface area is 113 Å². The van der Waals surface area contributed by atoms with E-state index in [4.69, 9.17) is 5.73 Å². The van der Waals surface area contributed by atoms with Crippen LogP contribution < -0.4 is 10.5 Å². The van der Waals surface area contributed by atoms with Gasteiger partial charge in [0.1, 0.15) is 10.7 Å². The Hall–Kier alpha value is -0.920. The van der Waals surface area contributed by atoms with Crippen molar-refractivity contribution in [3.05, 3.63) is 34.6 Å². The van der Waals surface area contributed by atoms with Crippen LogP contribution in [0.4, 0.5) is 10.1 Å². The van der Waals surface area contributed by atoms with Crippen molar-refractivity contribution in [2.24, 2.45) is 0 Å². The van der Waals surface area contributed by atoms with E-state index >= 15 is 0 Å². The fourth-order valence-electron chi connectivity index (χ4n) is 1.77. The van der Waals surface area contributed by atoms with Crippen molar-refractivity contribution in [3.63, 3.8) is 0 Å². The molecule has 0 radical (unpaired) electrons. The van der Waals surface area contributed by atoms with E-state index in [1.807, 2.05) is 12.2 Å². The highest BCUT2D eigenvalue weighted by molar-refractivity contribution is 9.10. The number of benzene rings is 1. The fraction of sp³-hybridized carbons (Fsp3) is 0.273. The Morgan fingerprint density at radius 2 is 1.94 bits per heavy atom. The molecule has 0 saturated carbocycles. The van der Waals surface area contributed by atoms with Crippen molar-refractivity contribution >= 4 is 31.6 Å². The standard InChI is InChI=1S/C11H12BrFN2O2S/c12-8-5-11(10(14)6-9(8)13)18(16,17)15-7-3-1-2-4-7/h1-2,5-7,15H,3-4,14H2. The van der Waals surface area contributed by atoms with Gasteiger partial charge in [0.15, 0.2) is 0 Å². The topological polar surface area (TPSA) is 72.2 Å². The van der Waals surface area contributed by atoms with Gasteiger partial charge in [-0.05, 0) is 40.9 Å². The van der Waals surface area contributed by atoms with E-state index in [0.717, 1.165) is 6.07 Å². The van der Waals surface area contributed by atoms with Gasteiger partial charge in [0.05, 0.1) is 10.2 Å². The maximum absolute atomic E-state index is 13.2. The lowest BCUT2D eigenvalue weighted by molar-refractivity contribution is 0.557. The van der Waals surface area contributed by atoms with Crippen molar-refractivity contribution < 1.29 is 12.8 Å². The molecule has 0 aliphatic heterocycles. The van der Waals surface area contributed by atoms with E-state index in [2.05, 4.69) is 20.7 Å². The van der Waals surface area contributed by atoms with Crippen LogP contribution in [0.2, 0.25) is 0 Å². The highest BCUT2D eigenvalue weighted by atomic mass is 79.9. The molecule has 0 saturated heterocycles. The second-order valence-electron chi connectivity index (χ2n) is 4.07. The Kier molecular flexibility index (Phi) is 3.74. The molecule has 98 valence electrons. The lowest BCUT2D eigenvalue weighted by Gasteiger charge is -2.14. The van der Waals surface area contributed by atoms with Crippen LogP contribution >= 0.6 is 15.9 Å². The van der Waals surface area contributed by atoms with Gasteiger partial charge in [0.2, 0.25) is 10.0 Å². The number of anilines is 1. The molecule has 0 unspecified atom stereocenters. The SMILES string of the molecule is Nc1cc(F)c(Br)cc1S(=O)(=O)NC1CC=CC1. The molecular formula is C11H12BrFN2O2S. The first-order valence-corrected chi connectivity index (χ1v) is 7.59. The lowest BCUT2D eigenvalue weighted by Crippen LogP contribution is -2.33. The monoisotopic (exact) mass is 334 g/mol. The van der Waals surface area contributed by atoms with Gasteiger partial charge in [-0.3, -0.25) is 0 Å². The van der Waals surface area contributed by atoms with Crippen LogP contribution in [0, 0.1) is 5.82 Å². The molecule has 18 heavy (non-hydrogen) atoms. The highest BCUT2D eigenvalue weighted by Crippen LogP contribution is 2.26. The number of nitrogen functional groups attached to an aromatic ring is 1. The molecule has 3 N–H and O–H groups in total. The van der Waals surface area contributed by atoms with E-state index in [-0.39, 0.29) is 21.1 Å². The van der Waals surface area contributed by atoms with E-state index in [1.54, 1.807) is 0 Å². The maximum atomic E-state index is 13.2. The lowest BCUT2D eigenvalue weighted by atomic mass is 10.3. The smallest absolute Gasteiger partial charge is 0.242 e. The van der Waals surface area contributed by atoms with Gasteiger partial charge in [-0.25, -0.2) is 17.5 Å². The van der Waals surface area contributed by atoms with E-state index < -0.39 is 15.8 Å². The summed E-state index contributed by atoms with van der Waals surface area (Å²) in [6.07, 6.45) is 5.14. The van der Waals surface area contributed by atoms with Gasteiger partial charge in [0, 0.05) is 6.04 Å². The zero-order chi connectivity index (χ0) is 13.3. The van der Waals surface area contributed by atoms with Crippen molar-refractivity contribution in [2.45, 2.75) is 23.8 Å². The second-order valence-corrected chi connectivity index (χ2v) is 6.60. The third kappa shape index (κ3) is 2.73. The average molecular weight is 335 g/mol. The van der Waals surface area contributed by atoms with Gasteiger partial charge < -0.3 is 5.73 Å². The summed E-state index contributed by atoms with van der Waals surface area (Å²) < 4.78 is 40.0. The number of sulfonamides is 1. The summed E-state index contributed by atoms with van der Waals surface area (Å²) in [5.74, 6) is -0.589.